The first-order valence-electron chi connectivity index (χ1n) is 13.6. The van der Waals surface area contributed by atoms with Gasteiger partial charge in [0, 0.05) is 25.4 Å². The first kappa shape index (κ1) is 27.4. The van der Waals surface area contributed by atoms with E-state index in [1.165, 1.54) is 6.26 Å². The molecule has 2 aliphatic heterocycles. The molecule has 39 heavy (non-hydrogen) atoms. The fraction of sp³-hybridized carbons (Fsp3) is 0.406. The zero-order valence-electron chi connectivity index (χ0n) is 23.2. The number of nitrogens with zero attached hydrogens (tertiary/aromatic N) is 2. The van der Waals surface area contributed by atoms with Gasteiger partial charge < -0.3 is 4.74 Å². The molecule has 0 aliphatic carbocycles. The quantitative estimate of drug-likeness (QED) is 0.383. The van der Waals surface area contributed by atoms with E-state index in [9.17, 15) is 13.2 Å². The van der Waals surface area contributed by atoms with Crippen molar-refractivity contribution in [2.24, 2.45) is 0 Å². The number of amides is 1. The number of hydrogen-bond donors (Lipinski definition) is 0. The van der Waals surface area contributed by atoms with E-state index in [1.807, 2.05) is 75.4 Å². The largest absolute Gasteiger partial charge is 0.444 e. The molecule has 0 N–H and O–H groups in total. The summed E-state index contributed by atoms with van der Waals surface area (Å²) < 4.78 is 31.7. The smallest absolute Gasteiger partial charge is 0.411 e. The van der Waals surface area contributed by atoms with Gasteiger partial charge in [0.2, 0.25) is 0 Å². The van der Waals surface area contributed by atoms with E-state index < -0.39 is 32.6 Å². The summed E-state index contributed by atoms with van der Waals surface area (Å²) in [6.07, 6.45) is 2.16. The van der Waals surface area contributed by atoms with E-state index in [0.29, 0.717) is 19.5 Å². The molecule has 6 nitrogen and oxygen atoms in total. The van der Waals surface area contributed by atoms with Crippen LogP contribution >= 0.6 is 0 Å². The third kappa shape index (κ3) is 5.22. The van der Waals surface area contributed by atoms with Crippen molar-refractivity contribution in [1.82, 2.24) is 9.80 Å². The molecule has 5 rings (SSSR count). The lowest BCUT2D eigenvalue weighted by atomic mass is 9.74. The van der Waals surface area contributed by atoms with Crippen LogP contribution in [-0.2, 0) is 20.1 Å². The van der Waals surface area contributed by atoms with Crippen LogP contribution in [0.1, 0.15) is 50.3 Å². The second kappa shape index (κ2) is 10.1. The van der Waals surface area contributed by atoms with Crippen LogP contribution in [0.5, 0.6) is 0 Å². The van der Waals surface area contributed by atoms with E-state index in [0.717, 1.165) is 23.1 Å². The summed E-state index contributed by atoms with van der Waals surface area (Å²) in [5, 5.41) is 0. The first-order valence-corrected chi connectivity index (χ1v) is 15.6. The van der Waals surface area contributed by atoms with Gasteiger partial charge in [-0.15, -0.1) is 0 Å². The number of benzene rings is 3. The van der Waals surface area contributed by atoms with Gasteiger partial charge in [0.15, 0.2) is 0 Å². The fourth-order valence-corrected chi connectivity index (χ4v) is 8.10. The van der Waals surface area contributed by atoms with Gasteiger partial charge in [-0.3, -0.25) is 9.80 Å². The number of rotatable bonds is 6. The van der Waals surface area contributed by atoms with Crippen molar-refractivity contribution < 1.29 is 17.9 Å². The minimum atomic E-state index is -3.42. The third-order valence-corrected chi connectivity index (χ3v) is 8.97. The standard InChI is InChI=1S/C32H38N2O4S/c1-30(2,3)38-29(35)34-28-20-21-31(34,24-39(4,36)37)23-33(22-28)32(25-14-8-5-9-15-25,26-16-10-6-11-17-26)27-18-12-7-13-19-27/h5-19,28H,20-24H2,1-4H3. The van der Waals surface area contributed by atoms with Crippen LogP contribution in [0, 0.1) is 0 Å². The topological polar surface area (TPSA) is 66.9 Å². The van der Waals surface area contributed by atoms with E-state index in [2.05, 4.69) is 41.3 Å². The van der Waals surface area contributed by atoms with Crippen molar-refractivity contribution in [3.63, 3.8) is 0 Å². The number of likely N-dealkylation sites (tertiary alicyclic amines) is 1. The molecule has 1 amide bonds. The molecule has 0 aromatic heterocycles. The molecule has 3 aromatic carbocycles. The number of fused-ring (bicyclic) bond motifs is 2. The molecular weight excluding hydrogens is 508 g/mol. The number of sulfone groups is 1. The Morgan fingerprint density at radius 2 is 1.33 bits per heavy atom. The van der Waals surface area contributed by atoms with Crippen LogP contribution in [0.25, 0.3) is 0 Å². The maximum atomic E-state index is 13.6. The van der Waals surface area contributed by atoms with Crippen LogP contribution < -0.4 is 0 Å². The number of carbonyl (C=O) groups is 1. The zero-order chi connectivity index (χ0) is 27.9. The van der Waals surface area contributed by atoms with Crippen molar-refractivity contribution in [1.29, 1.82) is 0 Å². The minimum absolute atomic E-state index is 0.110. The summed E-state index contributed by atoms with van der Waals surface area (Å²) in [4.78, 5) is 17.8. The molecule has 2 fully saturated rings. The minimum Gasteiger partial charge on any atom is -0.444 e. The highest BCUT2D eigenvalue weighted by atomic mass is 32.2. The van der Waals surface area contributed by atoms with Crippen LogP contribution in [0.2, 0.25) is 0 Å². The highest BCUT2D eigenvalue weighted by molar-refractivity contribution is 7.90. The Hall–Kier alpha value is -3.16. The molecule has 2 heterocycles. The van der Waals surface area contributed by atoms with Crippen LogP contribution in [-0.4, -0.2) is 66.6 Å². The predicted octanol–water partition coefficient (Wildman–Crippen LogP) is 5.48. The molecule has 2 bridgehead atoms. The summed E-state index contributed by atoms with van der Waals surface area (Å²) in [5.41, 5.74) is 1.03. The molecule has 2 atom stereocenters. The molecule has 0 saturated carbocycles. The predicted molar refractivity (Wildman–Crippen MR) is 154 cm³/mol. The molecule has 2 saturated heterocycles. The van der Waals surface area contributed by atoms with Gasteiger partial charge in [0.05, 0.1) is 16.8 Å². The Balaban J connectivity index is 1.72. The maximum absolute atomic E-state index is 13.6. The number of piperazine rings is 1. The Kier molecular flexibility index (Phi) is 7.10. The van der Waals surface area contributed by atoms with Gasteiger partial charge in [-0.05, 0) is 50.3 Å². The lowest BCUT2D eigenvalue weighted by molar-refractivity contribution is -0.0422. The molecule has 2 aliphatic rings. The molecule has 7 heteroatoms. The molecular formula is C32H38N2O4S. The summed E-state index contributed by atoms with van der Waals surface area (Å²) in [6.45, 7) is 6.52. The normalized spacial score (nSPS) is 22.1. The molecule has 0 spiro atoms. The SMILES string of the molecule is CC(C)(C)OC(=O)N1C2CCC1(CS(C)(=O)=O)CN(C(c1ccccc1)(c1ccccc1)c1ccccc1)C2. The second-order valence-corrected chi connectivity index (χ2v) is 14.2. The van der Waals surface area contributed by atoms with Crippen molar-refractivity contribution in [3.8, 4) is 0 Å². The van der Waals surface area contributed by atoms with Crippen molar-refractivity contribution in [2.45, 2.75) is 56.3 Å². The molecule has 2 unspecified atom stereocenters. The van der Waals surface area contributed by atoms with Gasteiger partial charge in [0.1, 0.15) is 15.4 Å². The van der Waals surface area contributed by atoms with Crippen molar-refractivity contribution >= 4 is 15.9 Å². The Morgan fingerprint density at radius 1 is 0.872 bits per heavy atom. The molecule has 3 aromatic rings. The van der Waals surface area contributed by atoms with Crippen molar-refractivity contribution in [3.05, 3.63) is 108 Å². The monoisotopic (exact) mass is 546 g/mol. The van der Waals surface area contributed by atoms with Gasteiger partial charge in [-0.1, -0.05) is 91.0 Å². The van der Waals surface area contributed by atoms with Gasteiger partial charge in [-0.25, -0.2) is 13.2 Å². The first-order chi connectivity index (χ1) is 18.4. The molecule has 206 valence electrons. The number of carbonyl (C=O) groups excluding carboxylic acids is 1. The molecule has 0 radical (unpaired) electrons. The summed E-state index contributed by atoms with van der Waals surface area (Å²) >= 11 is 0. The lowest BCUT2D eigenvalue weighted by Crippen LogP contribution is -2.69. The van der Waals surface area contributed by atoms with Gasteiger partial charge in [0.25, 0.3) is 0 Å². The third-order valence-electron chi connectivity index (χ3n) is 7.91. The number of hydrogen-bond acceptors (Lipinski definition) is 5. The van der Waals surface area contributed by atoms with Gasteiger partial charge in [-0.2, -0.15) is 0 Å². The Labute approximate surface area is 232 Å². The highest BCUT2D eigenvalue weighted by Gasteiger charge is 2.59. The number of ether oxygens (including phenoxy) is 1. The summed E-state index contributed by atoms with van der Waals surface area (Å²) in [6, 6.07) is 31.0. The lowest BCUT2D eigenvalue weighted by Gasteiger charge is -2.55. The second-order valence-electron chi connectivity index (χ2n) is 12.0. The van der Waals surface area contributed by atoms with E-state index in [-0.39, 0.29) is 11.8 Å². The van der Waals surface area contributed by atoms with E-state index in [1.54, 1.807) is 4.90 Å². The Morgan fingerprint density at radius 3 is 1.74 bits per heavy atom. The van der Waals surface area contributed by atoms with Crippen LogP contribution in [0.15, 0.2) is 91.0 Å². The summed E-state index contributed by atoms with van der Waals surface area (Å²) in [7, 11) is -3.42. The van der Waals surface area contributed by atoms with Crippen LogP contribution in [0.4, 0.5) is 4.79 Å². The average molecular weight is 547 g/mol. The van der Waals surface area contributed by atoms with E-state index >= 15 is 0 Å². The Bertz CT molecular complexity index is 1310. The average Bonchev–Trinajstić information content (AvgIpc) is 3.10. The highest BCUT2D eigenvalue weighted by Crippen LogP contribution is 2.49. The van der Waals surface area contributed by atoms with E-state index in [4.69, 9.17) is 4.74 Å². The van der Waals surface area contributed by atoms with Gasteiger partial charge >= 0.3 is 6.09 Å². The summed E-state index contributed by atoms with van der Waals surface area (Å²) in [5.74, 6) is -0.110. The maximum Gasteiger partial charge on any atom is 0.411 e. The van der Waals surface area contributed by atoms with Crippen molar-refractivity contribution in [2.75, 3.05) is 25.1 Å². The zero-order valence-corrected chi connectivity index (χ0v) is 24.0. The fourth-order valence-electron chi connectivity index (χ4n) is 6.75. The van der Waals surface area contributed by atoms with Crippen LogP contribution in [0.3, 0.4) is 0 Å².